The molecule has 224 valence electrons. The number of halogens is 1. The highest BCUT2D eigenvalue weighted by molar-refractivity contribution is 6.31. The third-order valence-electron chi connectivity index (χ3n) is 7.19. The fraction of sp³-hybridized carbons (Fsp3) is 0.452. The van der Waals surface area contributed by atoms with Gasteiger partial charge in [0.25, 0.3) is 5.91 Å². The molecule has 2 aliphatic rings. The van der Waals surface area contributed by atoms with Crippen LogP contribution in [0.15, 0.2) is 36.7 Å². The number of carbonyl (C=O) groups is 2. The first-order valence-electron chi connectivity index (χ1n) is 14.3. The van der Waals surface area contributed by atoms with Gasteiger partial charge in [0, 0.05) is 47.2 Å². The van der Waals surface area contributed by atoms with E-state index in [9.17, 15) is 9.59 Å². The lowest BCUT2D eigenvalue weighted by Crippen LogP contribution is -2.49. The van der Waals surface area contributed by atoms with E-state index >= 15 is 0 Å². The Kier molecular flexibility index (Phi) is 8.65. The molecule has 5 rings (SSSR count). The molecule has 0 aliphatic carbocycles. The number of hydrogen-bond acceptors (Lipinski definition) is 7. The Morgan fingerprint density at radius 3 is 2.86 bits per heavy atom. The number of benzene rings is 1. The molecular weight excluding hydrogens is 558 g/mol. The minimum Gasteiger partial charge on any atom is -0.488 e. The zero-order chi connectivity index (χ0) is 30.0. The predicted octanol–water partition coefficient (Wildman–Crippen LogP) is 5.73. The van der Waals surface area contributed by atoms with Gasteiger partial charge in [-0.05, 0) is 57.9 Å². The minimum atomic E-state index is -0.579. The number of aromatic amines is 1. The highest BCUT2D eigenvalue weighted by Gasteiger charge is 2.32. The highest BCUT2D eigenvalue weighted by atomic mass is 35.5. The first-order valence-corrected chi connectivity index (χ1v) is 14.7. The molecule has 0 radical (unpaired) electrons. The van der Waals surface area contributed by atoms with Crippen molar-refractivity contribution in [1.82, 2.24) is 20.2 Å². The third kappa shape index (κ3) is 6.50. The van der Waals surface area contributed by atoms with Crippen LogP contribution in [0, 0.1) is 0 Å². The van der Waals surface area contributed by atoms with E-state index in [1.807, 2.05) is 58.9 Å². The van der Waals surface area contributed by atoms with E-state index in [4.69, 9.17) is 25.8 Å². The van der Waals surface area contributed by atoms with Gasteiger partial charge in [-0.1, -0.05) is 24.6 Å². The monoisotopic (exact) mass is 595 g/mol. The number of pyridine rings is 1. The van der Waals surface area contributed by atoms with Crippen LogP contribution in [0.4, 0.5) is 16.2 Å². The van der Waals surface area contributed by atoms with E-state index in [2.05, 4.69) is 20.6 Å². The van der Waals surface area contributed by atoms with E-state index in [0.717, 1.165) is 28.9 Å². The topological polar surface area (TPSA) is 118 Å². The van der Waals surface area contributed by atoms with Crippen molar-refractivity contribution in [2.24, 2.45) is 0 Å². The lowest BCUT2D eigenvalue weighted by atomic mass is 10.0. The van der Waals surface area contributed by atoms with Crippen molar-refractivity contribution in [2.75, 3.05) is 31.6 Å². The second-order valence-electron chi connectivity index (χ2n) is 11.7. The van der Waals surface area contributed by atoms with Gasteiger partial charge in [0.2, 0.25) is 0 Å². The number of fused-ring (bicyclic) bond motifs is 1. The molecule has 1 aromatic carbocycles. The molecule has 0 saturated carbocycles. The summed E-state index contributed by atoms with van der Waals surface area (Å²) in [5.74, 6) is 0.371. The van der Waals surface area contributed by atoms with Crippen LogP contribution >= 0.6 is 11.6 Å². The molecule has 3 N–H and O–H groups in total. The van der Waals surface area contributed by atoms with Crippen molar-refractivity contribution in [3.8, 4) is 17.0 Å². The fourth-order valence-corrected chi connectivity index (χ4v) is 5.61. The Balaban J connectivity index is 1.44. The van der Waals surface area contributed by atoms with Crippen molar-refractivity contribution < 1.29 is 23.8 Å². The Morgan fingerprint density at radius 2 is 2.10 bits per heavy atom. The first kappa shape index (κ1) is 29.7. The average Bonchev–Trinajstić information content (AvgIpc) is 3.29. The van der Waals surface area contributed by atoms with Crippen molar-refractivity contribution >= 4 is 35.0 Å². The standard InChI is InChI=1S/C31H38ClN5O5/c1-6-20-22(32)8-7-9-23(20)35-28-26-24(14-18(2)34-29(26)38)36-27(28)21-10-11-33-15-25(21)41-17-19-16-37(12-13-40-19)30(39)42-31(3,4)5/h7-11,15,18-19,35-36H,6,12-14,16-17H2,1-5H3,(H,34,38)/t18-,19+/m1/s1. The van der Waals surface area contributed by atoms with E-state index in [1.165, 1.54) is 0 Å². The molecule has 2 atom stereocenters. The van der Waals surface area contributed by atoms with E-state index in [0.29, 0.717) is 53.8 Å². The number of carbonyl (C=O) groups excluding carboxylic acids is 2. The van der Waals surface area contributed by atoms with Crippen LogP contribution in [-0.4, -0.2) is 70.9 Å². The van der Waals surface area contributed by atoms with Crippen molar-refractivity contribution in [2.45, 2.75) is 65.2 Å². The number of ether oxygens (including phenoxy) is 3. The number of rotatable bonds is 7. The zero-order valence-corrected chi connectivity index (χ0v) is 25.4. The van der Waals surface area contributed by atoms with Crippen molar-refractivity contribution in [3.63, 3.8) is 0 Å². The summed E-state index contributed by atoms with van der Waals surface area (Å²) in [7, 11) is 0. The van der Waals surface area contributed by atoms with Gasteiger partial charge in [0.05, 0.1) is 36.3 Å². The molecule has 0 bridgehead atoms. The predicted molar refractivity (Wildman–Crippen MR) is 162 cm³/mol. The van der Waals surface area contributed by atoms with E-state index in [-0.39, 0.29) is 30.8 Å². The van der Waals surface area contributed by atoms with Crippen LogP contribution in [0.2, 0.25) is 5.02 Å². The number of hydrogen-bond donors (Lipinski definition) is 3. The maximum absolute atomic E-state index is 13.3. The average molecular weight is 596 g/mol. The summed E-state index contributed by atoms with van der Waals surface area (Å²) >= 11 is 6.52. The maximum atomic E-state index is 13.3. The van der Waals surface area contributed by atoms with Gasteiger partial charge in [-0.3, -0.25) is 9.78 Å². The number of aromatic nitrogens is 2. The minimum absolute atomic E-state index is 0.00810. The third-order valence-corrected chi connectivity index (χ3v) is 7.55. The van der Waals surface area contributed by atoms with Gasteiger partial charge < -0.3 is 34.7 Å². The number of amides is 2. The molecule has 2 amide bonds. The summed E-state index contributed by atoms with van der Waals surface area (Å²) < 4.78 is 17.7. The second-order valence-corrected chi connectivity index (χ2v) is 12.1. The second kappa shape index (κ2) is 12.2. The molecule has 4 heterocycles. The molecule has 0 unspecified atom stereocenters. The van der Waals surface area contributed by atoms with Crippen LogP contribution in [0.3, 0.4) is 0 Å². The molecule has 0 spiro atoms. The smallest absolute Gasteiger partial charge is 0.410 e. The Hall–Kier alpha value is -3.76. The quantitative estimate of drug-likeness (QED) is 0.319. The van der Waals surface area contributed by atoms with Crippen LogP contribution < -0.4 is 15.4 Å². The fourth-order valence-electron chi connectivity index (χ4n) is 5.30. The Labute approximate surface area is 251 Å². The van der Waals surface area contributed by atoms with Gasteiger partial charge in [-0.25, -0.2) is 4.79 Å². The number of anilines is 2. The van der Waals surface area contributed by atoms with Crippen molar-refractivity contribution in [3.05, 3.63) is 58.5 Å². The van der Waals surface area contributed by atoms with Gasteiger partial charge >= 0.3 is 6.09 Å². The Bertz CT molecular complexity index is 1470. The summed E-state index contributed by atoms with van der Waals surface area (Å²) in [4.78, 5) is 35.3. The van der Waals surface area contributed by atoms with Gasteiger partial charge in [0.1, 0.15) is 24.1 Å². The zero-order valence-electron chi connectivity index (χ0n) is 24.7. The summed E-state index contributed by atoms with van der Waals surface area (Å²) in [6.07, 6.45) is 3.99. The molecule has 2 aromatic heterocycles. The molecule has 3 aromatic rings. The number of H-pyrrole nitrogens is 1. The summed E-state index contributed by atoms with van der Waals surface area (Å²) in [5.41, 5.74) is 4.71. The largest absolute Gasteiger partial charge is 0.488 e. The van der Waals surface area contributed by atoms with Gasteiger partial charge in [-0.2, -0.15) is 0 Å². The first-order chi connectivity index (χ1) is 20.0. The van der Waals surface area contributed by atoms with Crippen LogP contribution in [0.5, 0.6) is 5.75 Å². The number of nitrogens with zero attached hydrogens (tertiary/aromatic N) is 2. The molecule has 2 aliphatic heterocycles. The normalized spacial score (nSPS) is 18.7. The highest BCUT2D eigenvalue weighted by Crippen LogP contribution is 2.41. The van der Waals surface area contributed by atoms with Crippen LogP contribution in [0.25, 0.3) is 11.3 Å². The van der Waals surface area contributed by atoms with E-state index < -0.39 is 5.60 Å². The summed E-state index contributed by atoms with van der Waals surface area (Å²) in [6, 6.07) is 7.55. The molecule has 1 fully saturated rings. The number of nitrogens with one attached hydrogen (secondary N) is 3. The van der Waals surface area contributed by atoms with Crippen molar-refractivity contribution in [1.29, 1.82) is 0 Å². The lowest BCUT2D eigenvalue weighted by molar-refractivity contribution is -0.0556. The molecule has 11 heteroatoms. The molecule has 42 heavy (non-hydrogen) atoms. The lowest BCUT2D eigenvalue weighted by Gasteiger charge is -2.34. The van der Waals surface area contributed by atoms with E-state index in [1.54, 1.807) is 17.3 Å². The van der Waals surface area contributed by atoms with Gasteiger partial charge in [0.15, 0.2) is 0 Å². The van der Waals surface area contributed by atoms with Crippen LogP contribution in [0.1, 0.15) is 56.2 Å². The SMILES string of the molecule is CCc1c(Cl)cccc1Nc1c(-c2ccncc2OC[C@@H]2CN(C(=O)OC(C)(C)C)CCO2)[nH]c2c1C(=O)N[C@H](C)C2. The summed E-state index contributed by atoms with van der Waals surface area (Å²) in [5, 5.41) is 7.23. The van der Waals surface area contributed by atoms with Gasteiger partial charge in [-0.15, -0.1) is 0 Å². The molecular formula is C31H38ClN5O5. The Morgan fingerprint density at radius 1 is 1.29 bits per heavy atom. The molecule has 1 saturated heterocycles. The number of morpholine rings is 1. The molecule has 10 nitrogen and oxygen atoms in total. The maximum Gasteiger partial charge on any atom is 0.410 e. The summed E-state index contributed by atoms with van der Waals surface area (Å²) in [6.45, 7) is 10.9. The van der Waals surface area contributed by atoms with Crippen LogP contribution in [-0.2, 0) is 22.3 Å².